The first-order valence-electron chi connectivity index (χ1n) is 8.72. The largest absolute Gasteiger partial charge is 0.573 e. The number of imide groups is 1. The van der Waals surface area contributed by atoms with Gasteiger partial charge in [-0.05, 0) is 48.0 Å². The zero-order valence-corrected chi connectivity index (χ0v) is 15.2. The van der Waals surface area contributed by atoms with Crippen molar-refractivity contribution in [2.45, 2.75) is 12.9 Å². The highest BCUT2D eigenvalue weighted by molar-refractivity contribution is 6.19. The van der Waals surface area contributed by atoms with E-state index in [4.69, 9.17) is 0 Å². The van der Waals surface area contributed by atoms with E-state index in [1.54, 1.807) is 12.1 Å². The van der Waals surface area contributed by atoms with Gasteiger partial charge in [0.05, 0.1) is 11.2 Å². The summed E-state index contributed by atoms with van der Waals surface area (Å²) in [6.07, 6.45) is -3.36. The number of halogens is 4. The summed E-state index contributed by atoms with van der Waals surface area (Å²) in [5.74, 6) is -1.42. The lowest BCUT2D eigenvalue weighted by Gasteiger charge is -2.18. The van der Waals surface area contributed by atoms with Crippen LogP contribution in [0.25, 0.3) is 10.9 Å². The minimum absolute atomic E-state index is 0.0843. The molecule has 1 fully saturated rings. The van der Waals surface area contributed by atoms with Crippen molar-refractivity contribution in [1.82, 2.24) is 9.88 Å². The van der Waals surface area contributed by atoms with Gasteiger partial charge in [0.2, 0.25) is 0 Å². The lowest BCUT2D eigenvalue weighted by atomic mass is 10.1. The van der Waals surface area contributed by atoms with Crippen LogP contribution in [-0.2, 0) is 11.3 Å². The fourth-order valence-corrected chi connectivity index (χ4v) is 3.25. The number of pyridine rings is 1. The number of hydrogen-bond donors (Lipinski definition) is 0. The summed E-state index contributed by atoms with van der Waals surface area (Å²) in [5, 5.41) is 0.645. The van der Waals surface area contributed by atoms with E-state index in [2.05, 4.69) is 9.72 Å². The number of carbonyl (C=O) groups is 2. The van der Waals surface area contributed by atoms with Gasteiger partial charge in [-0.3, -0.25) is 9.78 Å². The van der Waals surface area contributed by atoms with Crippen LogP contribution in [-0.4, -0.2) is 34.7 Å². The zero-order chi connectivity index (χ0) is 21.5. The van der Waals surface area contributed by atoms with E-state index in [9.17, 15) is 27.2 Å². The van der Waals surface area contributed by atoms with Gasteiger partial charge in [0, 0.05) is 24.2 Å². The molecule has 154 valence electrons. The number of benzene rings is 2. The Morgan fingerprint density at radius 1 is 1.03 bits per heavy atom. The van der Waals surface area contributed by atoms with Gasteiger partial charge < -0.3 is 9.64 Å². The molecule has 30 heavy (non-hydrogen) atoms. The van der Waals surface area contributed by atoms with Crippen LogP contribution < -0.4 is 9.64 Å². The molecule has 0 spiro atoms. The minimum Gasteiger partial charge on any atom is -0.406 e. The van der Waals surface area contributed by atoms with Crippen LogP contribution >= 0.6 is 0 Å². The van der Waals surface area contributed by atoms with Crippen molar-refractivity contribution in [2.75, 3.05) is 11.4 Å². The fraction of sp³-hybridized carbons (Fsp3) is 0.150. The maximum Gasteiger partial charge on any atom is 0.573 e. The molecule has 1 aliphatic heterocycles. The van der Waals surface area contributed by atoms with Crippen molar-refractivity contribution in [2.24, 2.45) is 0 Å². The molecule has 1 saturated heterocycles. The van der Waals surface area contributed by atoms with Crippen molar-refractivity contribution in [1.29, 1.82) is 0 Å². The number of amides is 3. The number of alkyl halides is 3. The number of ether oxygens (including phenoxy) is 1. The molecular weight excluding hydrogens is 406 g/mol. The highest BCUT2D eigenvalue weighted by atomic mass is 19.4. The van der Waals surface area contributed by atoms with Crippen molar-refractivity contribution < 1.29 is 31.9 Å². The Morgan fingerprint density at radius 3 is 2.47 bits per heavy atom. The molecule has 2 heterocycles. The number of fused-ring (bicyclic) bond motifs is 1. The van der Waals surface area contributed by atoms with Crippen LogP contribution in [0.3, 0.4) is 0 Å². The van der Waals surface area contributed by atoms with Crippen molar-refractivity contribution >= 4 is 28.5 Å². The number of nitrogens with zero attached hydrogens (tertiary/aromatic N) is 3. The number of anilines is 1. The van der Waals surface area contributed by atoms with Gasteiger partial charge in [-0.1, -0.05) is 0 Å². The quantitative estimate of drug-likeness (QED) is 0.469. The van der Waals surface area contributed by atoms with Gasteiger partial charge in [0.1, 0.15) is 18.1 Å². The van der Waals surface area contributed by atoms with Gasteiger partial charge in [-0.15, -0.1) is 13.2 Å². The molecule has 6 nitrogen and oxygen atoms in total. The second-order valence-electron chi connectivity index (χ2n) is 6.54. The van der Waals surface area contributed by atoms with E-state index >= 15 is 0 Å². The lowest BCUT2D eigenvalue weighted by Crippen LogP contribution is -2.32. The van der Waals surface area contributed by atoms with Crippen molar-refractivity contribution in [3.63, 3.8) is 0 Å². The number of carbonyl (C=O) groups excluding carboxylic acids is 2. The van der Waals surface area contributed by atoms with Crippen molar-refractivity contribution in [3.05, 3.63) is 66.1 Å². The third-order valence-electron chi connectivity index (χ3n) is 4.52. The van der Waals surface area contributed by atoms with Gasteiger partial charge in [-0.25, -0.2) is 14.1 Å². The molecule has 0 aliphatic carbocycles. The normalized spacial score (nSPS) is 14.7. The van der Waals surface area contributed by atoms with E-state index in [0.717, 1.165) is 17.0 Å². The molecule has 0 unspecified atom stereocenters. The molecule has 0 radical (unpaired) electrons. The average molecular weight is 419 g/mol. The summed E-state index contributed by atoms with van der Waals surface area (Å²) in [6, 6.07) is 9.60. The van der Waals surface area contributed by atoms with Gasteiger partial charge in [0.25, 0.3) is 5.91 Å². The van der Waals surface area contributed by atoms with E-state index in [-0.39, 0.29) is 18.8 Å². The van der Waals surface area contributed by atoms with Crippen LogP contribution in [0, 0.1) is 5.82 Å². The first kappa shape index (κ1) is 19.6. The predicted molar refractivity (Wildman–Crippen MR) is 98.1 cm³/mol. The summed E-state index contributed by atoms with van der Waals surface area (Å²) in [4.78, 5) is 31.4. The first-order valence-corrected chi connectivity index (χ1v) is 8.72. The monoisotopic (exact) mass is 419 g/mol. The van der Waals surface area contributed by atoms with Crippen LogP contribution in [0.2, 0.25) is 0 Å². The third-order valence-corrected chi connectivity index (χ3v) is 4.52. The number of rotatable bonds is 4. The fourth-order valence-electron chi connectivity index (χ4n) is 3.25. The molecule has 0 bridgehead atoms. The Hall–Kier alpha value is -3.69. The zero-order valence-electron chi connectivity index (χ0n) is 15.2. The summed E-state index contributed by atoms with van der Waals surface area (Å²) in [7, 11) is 0. The number of aromatic nitrogens is 1. The van der Waals surface area contributed by atoms with Gasteiger partial charge >= 0.3 is 12.4 Å². The SMILES string of the molecule is O=C1CN(Cc2ccnc3cc(F)ccc23)C(=O)N1c1ccc(OC(F)(F)F)cc1. The standard InChI is InChI=1S/C20H13F4N3O3/c21-13-1-6-16-12(7-8-25-17(16)9-13)10-26-11-18(28)27(19(26)29)14-2-4-15(5-3-14)30-20(22,23)24/h1-9H,10-11H2. The van der Waals surface area contributed by atoms with Crippen LogP contribution in [0.15, 0.2) is 54.7 Å². The van der Waals surface area contributed by atoms with E-state index in [0.29, 0.717) is 16.5 Å². The topological polar surface area (TPSA) is 62.7 Å². The molecule has 2 aromatic carbocycles. The molecule has 1 aromatic heterocycles. The predicted octanol–water partition coefficient (Wildman–Crippen LogP) is 4.24. The summed E-state index contributed by atoms with van der Waals surface area (Å²) >= 11 is 0. The Kier molecular flexibility index (Phi) is 4.76. The maximum absolute atomic E-state index is 13.4. The number of urea groups is 1. The van der Waals surface area contributed by atoms with E-state index < -0.39 is 29.9 Å². The van der Waals surface area contributed by atoms with E-state index in [1.807, 2.05) is 0 Å². The molecule has 0 saturated carbocycles. The van der Waals surface area contributed by atoms with Gasteiger partial charge in [0.15, 0.2) is 0 Å². The van der Waals surface area contributed by atoms with E-state index in [1.165, 1.54) is 35.4 Å². The highest BCUT2D eigenvalue weighted by Gasteiger charge is 2.37. The van der Waals surface area contributed by atoms with Crippen LogP contribution in [0.4, 0.5) is 28.0 Å². The molecule has 3 aromatic rings. The highest BCUT2D eigenvalue weighted by Crippen LogP contribution is 2.28. The summed E-state index contributed by atoms with van der Waals surface area (Å²) in [5.41, 5.74) is 1.23. The minimum atomic E-state index is -4.84. The van der Waals surface area contributed by atoms with Crippen LogP contribution in [0.5, 0.6) is 5.75 Å². The summed E-state index contributed by atoms with van der Waals surface area (Å²) < 4.78 is 54.1. The lowest BCUT2D eigenvalue weighted by molar-refractivity contribution is -0.274. The molecule has 0 atom stereocenters. The first-order chi connectivity index (χ1) is 14.2. The Balaban J connectivity index is 1.55. The Labute approximate surface area is 167 Å². The smallest absolute Gasteiger partial charge is 0.406 e. The second kappa shape index (κ2) is 7.29. The third kappa shape index (κ3) is 3.88. The molecule has 10 heteroatoms. The molecule has 0 N–H and O–H groups in total. The molecule has 3 amide bonds. The molecule has 1 aliphatic rings. The van der Waals surface area contributed by atoms with Gasteiger partial charge in [-0.2, -0.15) is 0 Å². The Bertz CT molecular complexity index is 1130. The molecule has 4 rings (SSSR count). The Morgan fingerprint density at radius 2 is 1.77 bits per heavy atom. The van der Waals surface area contributed by atoms with Crippen molar-refractivity contribution in [3.8, 4) is 5.75 Å². The van der Waals surface area contributed by atoms with Crippen LogP contribution in [0.1, 0.15) is 5.56 Å². The molecular formula is C20H13F4N3O3. The summed E-state index contributed by atoms with van der Waals surface area (Å²) in [6.45, 7) is -0.119. The second-order valence-corrected chi connectivity index (χ2v) is 6.54. The average Bonchev–Trinajstić information content (AvgIpc) is 2.94. The number of hydrogen-bond acceptors (Lipinski definition) is 4. The maximum atomic E-state index is 13.4.